The number of nitrogens with one attached hydrogen (secondary N) is 1. The molecule has 0 spiro atoms. The number of hydrogen-bond acceptors (Lipinski definition) is 3. The van der Waals surface area contributed by atoms with Crippen LogP contribution >= 0.6 is 0 Å². The van der Waals surface area contributed by atoms with E-state index in [4.69, 9.17) is 0 Å². The summed E-state index contributed by atoms with van der Waals surface area (Å²) < 4.78 is 12.9. The molecule has 1 aliphatic heterocycles. The lowest BCUT2D eigenvalue weighted by Crippen LogP contribution is -2.28. The predicted octanol–water partition coefficient (Wildman–Crippen LogP) is 2.21. The van der Waals surface area contributed by atoms with E-state index >= 15 is 0 Å². The Morgan fingerprint density at radius 3 is 2.55 bits per heavy atom. The maximum Gasteiger partial charge on any atom is 0.229 e. The molecule has 2 amide bonds. The molecule has 0 bridgehead atoms. The van der Waals surface area contributed by atoms with Crippen molar-refractivity contribution >= 4 is 23.2 Å². The molecule has 1 aromatic heterocycles. The maximum absolute atomic E-state index is 12.9. The molecule has 0 aliphatic carbocycles. The molecular formula is C16H14FN3O2. The minimum atomic E-state index is -0.425. The molecule has 112 valence electrons. The second kappa shape index (κ2) is 5.93. The third-order valence-corrected chi connectivity index (χ3v) is 3.58. The van der Waals surface area contributed by atoms with Crippen LogP contribution in [0, 0.1) is 11.7 Å². The summed E-state index contributed by atoms with van der Waals surface area (Å²) in [5.41, 5.74) is 1.25. The Balaban J connectivity index is 1.69. The van der Waals surface area contributed by atoms with Crippen LogP contribution < -0.4 is 10.2 Å². The number of carbonyl (C=O) groups excluding carboxylic acids is 2. The Hall–Kier alpha value is -2.76. The second-order valence-corrected chi connectivity index (χ2v) is 5.11. The molecule has 5 nitrogen and oxygen atoms in total. The van der Waals surface area contributed by atoms with Crippen LogP contribution in [-0.2, 0) is 9.59 Å². The number of carbonyl (C=O) groups is 2. The summed E-state index contributed by atoms with van der Waals surface area (Å²) in [4.78, 5) is 29.7. The zero-order valence-corrected chi connectivity index (χ0v) is 11.7. The van der Waals surface area contributed by atoms with E-state index in [9.17, 15) is 14.0 Å². The van der Waals surface area contributed by atoms with E-state index in [0.717, 1.165) is 0 Å². The molecule has 1 saturated heterocycles. The van der Waals surface area contributed by atoms with Crippen molar-refractivity contribution < 1.29 is 14.0 Å². The van der Waals surface area contributed by atoms with Crippen molar-refractivity contribution in [3.63, 3.8) is 0 Å². The summed E-state index contributed by atoms with van der Waals surface area (Å²) in [5.74, 6) is -1.13. The van der Waals surface area contributed by atoms with E-state index < -0.39 is 5.92 Å². The van der Waals surface area contributed by atoms with E-state index in [1.54, 1.807) is 24.5 Å². The summed E-state index contributed by atoms with van der Waals surface area (Å²) in [6.07, 6.45) is 3.31. The number of amides is 2. The van der Waals surface area contributed by atoms with Gasteiger partial charge in [0.1, 0.15) is 5.82 Å². The van der Waals surface area contributed by atoms with Crippen LogP contribution in [0.5, 0.6) is 0 Å². The minimum absolute atomic E-state index is 0.138. The molecule has 1 aliphatic rings. The highest BCUT2D eigenvalue weighted by molar-refractivity contribution is 6.03. The lowest BCUT2D eigenvalue weighted by molar-refractivity contribution is -0.122. The van der Waals surface area contributed by atoms with Crippen LogP contribution in [-0.4, -0.2) is 23.3 Å². The number of aromatic nitrogens is 1. The highest BCUT2D eigenvalue weighted by atomic mass is 19.1. The van der Waals surface area contributed by atoms with Crippen molar-refractivity contribution in [2.45, 2.75) is 6.42 Å². The first-order valence-electron chi connectivity index (χ1n) is 6.90. The molecule has 1 aromatic carbocycles. The van der Waals surface area contributed by atoms with E-state index in [1.165, 1.54) is 29.2 Å². The normalized spacial score (nSPS) is 17.6. The van der Waals surface area contributed by atoms with Crippen LogP contribution in [0.2, 0.25) is 0 Å². The Labute approximate surface area is 126 Å². The Bertz CT molecular complexity index is 688. The first-order valence-corrected chi connectivity index (χ1v) is 6.90. The molecule has 1 fully saturated rings. The highest BCUT2D eigenvalue weighted by Gasteiger charge is 2.35. The monoisotopic (exact) mass is 299 g/mol. The number of rotatable bonds is 3. The van der Waals surface area contributed by atoms with E-state index in [2.05, 4.69) is 10.3 Å². The van der Waals surface area contributed by atoms with E-state index in [0.29, 0.717) is 17.9 Å². The van der Waals surface area contributed by atoms with Crippen molar-refractivity contribution in [2.75, 3.05) is 16.8 Å². The van der Waals surface area contributed by atoms with Gasteiger partial charge in [-0.2, -0.15) is 0 Å². The summed E-state index contributed by atoms with van der Waals surface area (Å²) >= 11 is 0. The van der Waals surface area contributed by atoms with Gasteiger partial charge in [-0.25, -0.2) is 4.39 Å². The third kappa shape index (κ3) is 2.95. The van der Waals surface area contributed by atoms with Crippen LogP contribution in [0.15, 0.2) is 48.8 Å². The average Bonchev–Trinajstić information content (AvgIpc) is 2.91. The van der Waals surface area contributed by atoms with Crippen LogP contribution in [0.4, 0.5) is 15.8 Å². The lowest BCUT2D eigenvalue weighted by atomic mass is 10.1. The van der Waals surface area contributed by atoms with Gasteiger partial charge in [0.15, 0.2) is 0 Å². The largest absolute Gasteiger partial charge is 0.326 e. The molecule has 0 unspecified atom stereocenters. The fraction of sp³-hybridized carbons (Fsp3) is 0.188. The van der Waals surface area contributed by atoms with Gasteiger partial charge < -0.3 is 10.2 Å². The van der Waals surface area contributed by atoms with Gasteiger partial charge in [0.05, 0.1) is 5.92 Å². The SMILES string of the molecule is O=C(Nc1ccncc1)[C@H]1CC(=O)N(c2ccc(F)cc2)C1. The van der Waals surface area contributed by atoms with Gasteiger partial charge in [-0.1, -0.05) is 0 Å². The minimum Gasteiger partial charge on any atom is -0.326 e. The standard InChI is InChI=1S/C16H14FN3O2/c17-12-1-3-14(4-2-12)20-10-11(9-15(20)21)16(22)19-13-5-7-18-8-6-13/h1-8,11H,9-10H2,(H,18,19,22)/t11-/m0/s1. The topological polar surface area (TPSA) is 62.3 Å². The first kappa shape index (κ1) is 14.2. The molecule has 2 aromatic rings. The average molecular weight is 299 g/mol. The Morgan fingerprint density at radius 1 is 1.18 bits per heavy atom. The zero-order valence-electron chi connectivity index (χ0n) is 11.7. The first-order chi connectivity index (χ1) is 10.6. The number of benzene rings is 1. The molecule has 1 N–H and O–H groups in total. The van der Waals surface area contributed by atoms with Crippen molar-refractivity contribution in [2.24, 2.45) is 5.92 Å². The molecule has 0 radical (unpaired) electrons. The number of anilines is 2. The Kier molecular flexibility index (Phi) is 3.82. The maximum atomic E-state index is 12.9. The van der Waals surface area contributed by atoms with E-state index in [-0.39, 0.29) is 24.1 Å². The summed E-state index contributed by atoms with van der Waals surface area (Å²) in [6.45, 7) is 0.293. The van der Waals surface area contributed by atoms with Crippen LogP contribution in [0.3, 0.4) is 0 Å². The van der Waals surface area contributed by atoms with Gasteiger partial charge >= 0.3 is 0 Å². The molecule has 22 heavy (non-hydrogen) atoms. The Morgan fingerprint density at radius 2 is 1.86 bits per heavy atom. The van der Waals surface area contributed by atoms with Gasteiger partial charge in [0.25, 0.3) is 0 Å². The van der Waals surface area contributed by atoms with Crippen LogP contribution in [0.1, 0.15) is 6.42 Å². The molecule has 2 heterocycles. The van der Waals surface area contributed by atoms with Gasteiger partial charge in [-0.15, -0.1) is 0 Å². The summed E-state index contributed by atoms with van der Waals surface area (Å²) in [6, 6.07) is 9.05. The quantitative estimate of drug-likeness (QED) is 0.945. The van der Waals surface area contributed by atoms with Crippen molar-refractivity contribution in [3.8, 4) is 0 Å². The zero-order chi connectivity index (χ0) is 15.5. The molecule has 0 saturated carbocycles. The molecular weight excluding hydrogens is 285 g/mol. The van der Waals surface area contributed by atoms with Gasteiger partial charge in [0, 0.05) is 36.7 Å². The van der Waals surface area contributed by atoms with Crippen molar-refractivity contribution in [1.82, 2.24) is 4.98 Å². The van der Waals surface area contributed by atoms with E-state index in [1.807, 2.05) is 0 Å². The van der Waals surface area contributed by atoms with Crippen LogP contribution in [0.25, 0.3) is 0 Å². The third-order valence-electron chi connectivity index (χ3n) is 3.58. The molecule has 3 rings (SSSR count). The number of pyridine rings is 1. The second-order valence-electron chi connectivity index (χ2n) is 5.11. The number of nitrogens with zero attached hydrogens (tertiary/aromatic N) is 2. The van der Waals surface area contributed by atoms with Crippen molar-refractivity contribution in [3.05, 3.63) is 54.6 Å². The predicted molar refractivity (Wildman–Crippen MR) is 79.7 cm³/mol. The molecule has 6 heteroatoms. The van der Waals surface area contributed by atoms with Gasteiger partial charge in [-0.3, -0.25) is 14.6 Å². The van der Waals surface area contributed by atoms with Crippen molar-refractivity contribution in [1.29, 1.82) is 0 Å². The number of hydrogen-bond donors (Lipinski definition) is 1. The fourth-order valence-electron chi connectivity index (χ4n) is 2.43. The van der Waals surface area contributed by atoms with Gasteiger partial charge in [0.2, 0.25) is 11.8 Å². The molecule has 1 atom stereocenters. The summed E-state index contributed by atoms with van der Waals surface area (Å²) in [7, 11) is 0. The fourth-order valence-corrected chi connectivity index (χ4v) is 2.43. The highest BCUT2D eigenvalue weighted by Crippen LogP contribution is 2.26. The number of halogens is 1. The lowest BCUT2D eigenvalue weighted by Gasteiger charge is -2.16. The smallest absolute Gasteiger partial charge is 0.229 e. The van der Waals surface area contributed by atoms with Gasteiger partial charge in [-0.05, 0) is 36.4 Å². The summed E-state index contributed by atoms with van der Waals surface area (Å²) in [5, 5.41) is 2.77.